The number of phosphoric ester groups is 1. The molecule has 3 aromatic rings. The Hall–Kier alpha value is -2.68. The van der Waals surface area contributed by atoms with E-state index < -0.39 is 50.3 Å². The zero-order chi connectivity index (χ0) is 38.3. The van der Waals surface area contributed by atoms with Gasteiger partial charge in [0, 0.05) is 5.69 Å². The van der Waals surface area contributed by atoms with E-state index in [0.717, 1.165) is 25.7 Å². The molecule has 4 rings (SSSR count). The number of aromatic nitrogens is 3. The van der Waals surface area contributed by atoms with Crippen molar-refractivity contribution in [3.63, 3.8) is 0 Å². The van der Waals surface area contributed by atoms with E-state index in [-0.39, 0.29) is 24.7 Å². The van der Waals surface area contributed by atoms with Gasteiger partial charge in [0.15, 0.2) is 5.82 Å². The van der Waals surface area contributed by atoms with E-state index >= 15 is 0 Å². The summed E-state index contributed by atoms with van der Waals surface area (Å²) in [7, 11) is -4.67. The van der Waals surface area contributed by atoms with Crippen LogP contribution in [0.4, 0.5) is 15.9 Å². The molecule has 1 aromatic carbocycles. The molecule has 1 aliphatic rings. The number of ether oxygens (including phenoxy) is 2. The molecule has 1 saturated heterocycles. The average molecular weight is 766 g/mol. The van der Waals surface area contributed by atoms with Gasteiger partial charge in [-0.3, -0.25) is 9.05 Å². The fourth-order valence-electron chi connectivity index (χ4n) is 6.85. The summed E-state index contributed by atoms with van der Waals surface area (Å²) in [5.74, 6) is -0.252. The van der Waals surface area contributed by atoms with Crippen LogP contribution < -0.4 is 11.5 Å². The number of benzene rings is 1. The number of rotatable bonds is 26. The van der Waals surface area contributed by atoms with Crippen molar-refractivity contribution in [2.24, 2.45) is 0 Å². The minimum Gasteiger partial charge on any atom is -0.399 e. The molecule has 1 unspecified atom stereocenters. The first-order valence-corrected chi connectivity index (χ1v) is 20.8. The van der Waals surface area contributed by atoms with E-state index in [9.17, 15) is 24.1 Å². The van der Waals surface area contributed by atoms with Gasteiger partial charge in [-0.25, -0.2) is 18.5 Å². The highest BCUT2D eigenvalue weighted by atomic mass is 31.2. The van der Waals surface area contributed by atoms with Crippen molar-refractivity contribution >= 4 is 24.8 Å². The Bertz CT molecular complexity index is 1560. The van der Waals surface area contributed by atoms with Gasteiger partial charge in [0.05, 0.1) is 31.6 Å². The summed E-state index contributed by atoms with van der Waals surface area (Å²) in [6, 6.07) is 7.47. The number of hydrogen-bond donors (Lipinski definition) is 5. The molecule has 1 aliphatic heterocycles. The molecule has 0 bridgehead atoms. The molecule has 53 heavy (non-hydrogen) atoms. The average Bonchev–Trinajstić information content (AvgIpc) is 3.65. The van der Waals surface area contributed by atoms with E-state index in [4.69, 9.17) is 30.0 Å². The predicted octanol–water partition coefficient (Wildman–Crippen LogP) is 7.57. The minimum absolute atomic E-state index is 0.0354. The Morgan fingerprint density at radius 2 is 1.57 bits per heavy atom. The van der Waals surface area contributed by atoms with Gasteiger partial charge in [0.1, 0.15) is 41.6 Å². The number of hydrogen-bond acceptors (Lipinski definition) is 11. The second kappa shape index (κ2) is 21.4. The lowest BCUT2D eigenvalue weighted by atomic mass is 9.97. The third-order valence-corrected chi connectivity index (χ3v) is 10.9. The second-order valence-corrected chi connectivity index (χ2v) is 16.0. The summed E-state index contributed by atoms with van der Waals surface area (Å²) < 4.78 is 51.2. The van der Waals surface area contributed by atoms with Crippen LogP contribution in [0.5, 0.6) is 0 Å². The molecular formula is C38H61FN5O8P. The largest absolute Gasteiger partial charge is 0.472 e. The van der Waals surface area contributed by atoms with Crippen LogP contribution in [0, 0.1) is 5.82 Å². The van der Waals surface area contributed by atoms with Gasteiger partial charge in [-0.1, -0.05) is 103 Å². The molecule has 0 amide bonds. The summed E-state index contributed by atoms with van der Waals surface area (Å²) in [6.07, 6.45) is 15.8. The summed E-state index contributed by atoms with van der Waals surface area (Å²) in [5, 5.41) is 26.0. The number of aliphatic hydroxyl groups is 2. The van der Waals surface area contributed by atoms with Gasteiger partial charge in [-0.15, -0.1) is 0 Å². The summed E-state index contributed by atoms with van der Waals surface area (Å²) in [4.78, 5) is 14.6. The Labute approximate surface area is 313 Å². The maximum Gasteiger partial charge on any atom is 0.472 e. The van der Waals surface area contributed by atoms with Gasteiger partial charge >= 0.3 is 7.82 Å². The Morgan fingerprint density at radius 3 is 2.19 bits per heavy atom. The summed E-state index contributed by atoms with van der Waals surface area (Å²) in [6.45, 7) is 2.92. The van der Waals surface area contributed by atoms with E-state index in [1.165, 1.54) is 101 Å². The molecule has 0 saturated carbocycles. The highest BCUT2D eigenvalue weighted by Gasteiger charge is 2.53. The molecule has 2 aromatic heterocycles. The number of nitrogen functional groups attached to an aromatic ring is 2. The van der Waals surface area contributed by atoms with Crippen molar-refractivity contribution in [3.05, 3.63) is 53.7 Å². The highest BCUT2D eigenvalue weighted by molar-refractivity contribution is 7.47. The Morgan fingerprint density at radius 1 is 0.943 bits per heavy atom. The molecule has 0 aliphatic carbocycles. The van der Waals surface area contributed by atoms with Gasteiger partial charge in [-0.2, -0.15) is 5.10 Å². The fourth-order valence-corrected chi connectivity index (χ4v) is 7.70. The van der Waals surface area contributed by atoms with Crippen molar-refractivity contribution in [3.8, 4) is 0 Å². The molecule has 15 heteroatoms. The lowest BCUT2D eigenvalue weighted by Crippen LogP contribution is -2.44. The fraction of sp³-hybridized carbons (Fsp3) is 0.684. The minimum atomic E-state index is -4.67. The highest BCUT2D eigenvalue weighted by Crippen LogP contribution is 2.48. The maximum absolute atomic E-state index is 13.9. The molecule has 7 N–H and O–H groups in total. The van der Waals surface area contributed by atoms with Crippen LogP contribution in [0.2, 0.25) is 0 Å². The topological polar surface area (TPSA) is 197 Å². The molecule has 13 nitrogen and oxygen atoms in total. The summed E-state index contributed by atoms with van der Waals surface area (Å²) >= 11 is 0. The van der Waals surface area contributed by atoms with Gasteiger partial charge in [0.2, 0.25) is 0 Å². The van der Waals surface area contributed by atoms with Crippen LogP contribution in [-0.4, -0.2) is 66.8 Å². The van der Waals surface area contributed by atoms with Crippen molar-refractivity contribution in [1.29, 1.82) is 0 Å². The second-order valence-electron chi connectivity index (χ2n) is 14.6. The summed E-state index contributed by atoms with van der Waals surface area (Å²) in [5.41, 5.74) is 11.9. The number of unbranched alkanes of at least 4 members (excludes halogenated alkanes) is 14. The van der Waals surface area contributed by atoms with Crippen molar-refractivity contribution in [2.75, 3.05) is 24.7 Å². The standard InChI is InChI=1S/C38H61FN5O8P/c1-3-4-5-6-7-8-9-10-11-12-13-14-15-16-17-18-31(49-24-28-21-29(39)23-30(40)22-28)25-50-53(47,48)51-26-38(2)36(46)34(45)35(52-38)32-19-20-33-37(41)42-27-43-44(32)33/h19-23,27,31,34-36,45-46H,3-18,24-26,40H2,1-2H3,(H,47,48)(H2,41,42,43)/t31-,34-,35-,36-,38+/m0/s1. The van der Waals surface area contributed by atoms with E-state index in [2.05, 4.69) is 17.0 Å². The van der Waals surface area contributed by atoms with Crippen LogP contribution in [0.15, 0.2) is 36.7 Å². The van der Waals surface area contributed by atoms with Crippen molar-refractivity contribution < 1.29 is 42.6 Å². The number of nitrogens with zero attached hydrogens (tertiary/aromatic N) is 3. The van der Waals surface area contributed by atoms with Crippen LogP contribution in [0.3, 0.4) is 0 Å². The Kier molecular flexibility index (Phi) is 17.4. The first-order valence-electron chi connectivity index (χ1n) is 19.3. The maximum atomic E-state index is 13.9. The van der Waals surface area contributed by atoms with Crippen LogP contribution in [0.25, 0.3) is 5.52 Å². The zero-order valence-electron chi connectivity index (χ0n) is 31.4. The lowest BCUT2D eigenvalue weighted by Gasteiger charge is -2.28. The van der Waals surface area contributed by atoms with Crippen LogP contribution in [-0.2, 0) is 29.7 Å². The van der Waals surface area contributed by atoms with E-state index in [1.54, 1.807) is 18.2 Å². The number of nitrogens with two attached hydrogens (primary N) is 2. The molecule has 1 fully saturated rings. The predicted molar refractivity (Wildman–Crippen MR) is 202 cm³/mol. The van der Waals surface area contributed by atoms with Crippen molar-refractivity contribution in [1.82, 2.24) is 14.6 Å². The molecule has 0 radical (unpaired) electrons. The van der Waals surface area contributed by atoms with Gasteiger partial charge in [0.25, 0.3) is 0 Å². The van der Waals surface area contributed by atoms with Crippen molar-refractivity contribution in [2.45, 2.75) is 153 Å². The molecular weight excluding hydrogens is 704 g/mol. The number of phosphoric acid groups is 1. The van der Waals surface area contributed by atoms with E-state index in [0.29, 0.717) is 23.2 Å². The normalized spacial score (nSPS) is 22.0. The number of fused-ring (bicyclic) bond motifs is 1. The van der Waals surface area contributed by atoms with E-state index in [1.807, 2.05) is 0 Å². The number of anilines is 2. The number of halogens is 1. The molecule has 3 heterocycles. The van der Waals surface area contributed by atoms with Crippen LogP contribution >= 0.6 is 7.82 Å². The Balaban J connectivity index is 1.22. The third-order valence-electron chi connectivity index (χ3n) is 9.99. The van der Waals surface area contributed by atoms with Crippen LogP contribution in [0.1, 0.15) is 134 Å². The first-order chi connectivity index (χ1) is 25.4. The third kappa shape index (κ3) is 13.5. The molecule has 6 atom stereocenters. The smallest absolute Gasteiger partial charge is 0.399 e. The van der Waals surface area contributed by atoms with Gasteiger partial charge in [-0.05, 0) is 49.2 Å². The quantitative estimate of drug-likeness (QED) is 0.0306. The molecule has 0 spiro atoms. The SMILES string of the molecule is CCCCCCCCCCCCCCCCC[C@@H](COP(=O)(O)OC[C@@]1(C)O[C@@H](c2ccc3c(N)ncnn23)[C@H](O)[C@@H]1O)OCc1cc(N)cc(F)c1. The first kappa shape index (κ1) is 43.1. The molecule has 298 valence electrons. The zero-order valence-corrected chi connectivity index (χ0v) is 32.3. The van der Waals surface area contributed by atoms with Gasteiger partial charge < -0.3 is 36.0 Å². The lowest BCUT2D eigenvalue weighted by molar-refractivity contribution is -0.101. The monoisotopic (exact) mass is 765 g/mol. The number of aliphatic hydroxyl groups excluding tert-OH is 2.